The zero-order valence-electron chi connectivity index (χ0n) is 12.5. The summed E-state index contributed by atoms with van der Waals surface area (Å²) in [5, 5.41) is 0. The van der Waals surface area contributed by atoms with Crippen molar-refractivity contribution in [3.8, 4) is 5.75 Å². The summed E-state index contributed by atoms with van der Waals surface area (Å²) in [5.41, 5.74) is 1.03. The van der Waals surface area contributed by atoms with Crippen LogP contribution in [-0.2, 0) is 10.0 Å². The van der Waals surface area contributed by atoms with Gasteiger partial charge in [-0.25, -0.2) is 13.1 Å². The molecule has 1 aromatic rings. The minimum atomic E-state index is -3.51. The SMILES string of the molecule is CCC(C)(C)NS(=O)(=O)c1cc(C)c(OC)cc1C. The molecule has 0 unspecified atom stereocenters. The molecule has 108 valence electrons. The Morgan fingerprint density at radius 3 is 2.26 bits per heavy atom. The van der Waals surface area contributed by atoms with Crippen molar-refractivity contribution in [2.75, 3.05) is 7.11 Å². The largest absolute Gasteiger partial charge is 0.496 e. The molecule has 0 aromatic heterocycles. The molecule has 1 aromatic carbocycles. The van der Waals surface area contributed by atoms with Crippen LogP contribution in [0.4, 0.5) is 0 Å². The van der Waals surface area contributed by atoms with Crippen LogP contribution in [0.1, 0.15) is 38.3 Å². The highest BCUT2D eigenvalue weighted by atomic mass is 32.2. The summed E-state index contributed by atoms with van der Waals surface area (Å²) in [6.07, 6.45) is 0.723. The third-order valence-electron chi connectivity index (χ3n) is 3.28. The Bertz CT molecular complexity index is 562. The number of hydrogen-bond donors (Lipinski definition) is 1. The second kappa shape index (κ2) is 5.51. The molecule has 0 aliphatic carbocycles. The third kappa shape index (κ3) is 3.70. The minimum Gasteiger partial charge on any atom is -0.496 e. The first-order chi connectivity index (χ1) is 8.63. The van der Waals surface area contributed by atoms with Gasteiger partial charge in [-0.2, -0.15) is 0 Å². The molecular formula is C14H23NO3S. The van der Waals surface area contributed by atoms with Crippen molar-refractivity contribution in [3.05, 3.63) is 23.3 Å². The summed E-state index contributed by atoms with van der Waals surface area (Å²) in [6.45, 7) is 9.30. The molecule has 0 bridgehead atoms. The third-order valence-corrected chi connectivity index (χ3v) is 5.12. The summed E-state index contributed by atoms with van der Waals surface area (Å²) < 4.78 is 32.8. The molecule has 0 saturated heterocycles. The monoisotopic (exact) mass is 285 g/mol. The Hall–Kier alpha value is -1.07. The fourth-order valence-electron chi connectivity index (χ4n) is 1.76. The molecule has 0 atom stereocenters. The van der Waals surface area contributed by atoms with E-state index in [1.54, 1.807) is 26.2 Å². The molecular weight excluding hydrogens is 262 g/mol. The van der Waals surface area contributed by atoms with Crippen molar-refractivity contribution < 1.29 is 13.2 Å². The maximum Gasteiger partial charge on any atom is 0.241 e. The van der Waals surface area contributed by atoms with E-state index in [4.69, 9.17) is 4.74 Å². The molecule has 0 amide bonds. The summed E-state index contributed by atoms with van der Waals surface area (Å²) >= 11 is 0. The van der Waals surface area contributed by atoms with Crippen LogP contribution < -0.4 is 9.46 Å². The Balaban J connectivity index is 3.27. The predicted octanol–water partition coefficient (Wildman–Crippen LogP) is 2.78. The molecule has 4 nitrogen and oxygen atoms in total. The first-order valence-corrected chi connectivity index (χ1v) is 7.80. The van der Waals surface area contributed by atoms with E-state index in [1.807, 2.05) is 27.7 Å². The Labute approximate surface area is 116 Å². The molecule has 1 rings (SSSR count). The lowest BCUT2D eigenvalue weighted by atomic mass is 10.0. The number of ether oxygens (including phenoxy) is 1. The van der Waals surface area contributed by atoms with Crippen LogP contribution in [0.15, 0.2) is 17.0 Å². The number of sulfonamides is 1. The highest BCUT2D eigenvalue weighted by molar-refractivity contribution is 7.89. The summed E-state index contributed by atoms with van der Waals surface area (Å²) in [4.78, 5) is 0.312. The number of rotatable bonds is 5. The Morgan fingerprint density at radius 2 is 1.79 bits per heavy atom. The fourth-order valence-corrected chi connectivity index (χ4v) is 3.56. The molecule has 5 heteroatoms. The predicted molar refractivity (Wildman–Crippen MR) is 77.2 cm³/mol. The van der Waals surface area contributed by atoms with Gasteiger partial charge in [-0.1, -0.05) is 6.92 Å². The van der Waals surface area contributed by atoms with Crippen molar-refractivity contribution >= 4 is 10.0 Å². The van der Waals surface area contributed by atoms with Gasteiger partial charge in [0.25, 0.3) is 0 Å². The van der Waals surface area contributed by atoms with Crippen LogP contribution >= 0.6 is 0 Å². The summed E-state index contributed by atoms with van der Waals surface area (Å²) in [6, 6.07) is 3.41. The molecule has 0 aliphatic rings. The smallest absolute Gasteiger partial charge is 0.241 e. The summed E-state index contributed by atoms with van der Waals surface area (Å²) in [7, 11) is -1.94. The van der Waals surface area contributed by atoms with Gasteiger partial charge < -0.3 is 4.74 Å². The van der Waals surface area contributed by atoms with Gasteiger partial charge in [-0.15, -0.1) is 0 Å². The van der Waals surface area contributed by atoms with Gasteiger partial charge in [0.1, 0.15) is 5.75 Å². The van der Waals surface area contributed by atoms with Crippen LogP contribution in [0.5, 0.6) is 5.75 Å². The van der Waals surface area contributed by atoms with Gasteiger partial charge in [0, 0.05) is 5.54 Å². The highest BCUT2D eigenvalue weighted by Gasteiger charge is 2.26. The van der Waals surface area contributed by atoms with E-state index in [2.05, 4.69) is 4.72 Å². The standard InChI is InChI=1S/C14H23NO3S/c1-7-14(4,5)15-19(16,17)13-9-10(2)12(18-6)8-11(13)3/h8-9,15H,7H2,1-6H3. The summed E-state index contributed by atoms with van der Waals surface area (Å²) in [5.74, 6) is 0.700. The molecule has 19 heavy (non-hydrogen) atoms. The first kappa shape index (κ1) is 16.0. The highest BCUT2D eigenvalue weighted by Crippen LogP contribution is 2.26. The lowest BCUT2D eigenvalue weighted by Gasteiger charge is -2.25. The number of methoxy groups -OCH3 is 1. The van der Waals surface area contributed by atoms with Crippen molar-refractivity contribution in [1.82, 2.24) is 4.72 Å². The maximum absolute atomic E-state index is 12.4. The van der Waals surface area contributed by atoms with Crippen molar-refractivity contribution in [2.24, 2.45) is 0 Å². The Kier molecular flexibility index (Phi) is 4.63. The van der Waals surface area contributed by atoms with Gasteiger partial charge in [-0.3, -0.25) is 0 Å². The topological polar surface area (TPSA) is 55.4 Å². The van der Waals surface area contributed by atoms with E-state index < -0.39 is 15.6 Å². The number of benzene rings is 1. The van der Waals surface area contributed by atoms with Gasteiger partial charge in [0.2, 0.25) is 10.0 Å². The zero-order chi connectivity index (χ0) is 14.8. The maximum atomic E-state index is 12.4. The second-order valence-corrected chi connectivity index (χ2v) is 7.08. The number of hydrogen-bond acceptors (Lipinski definition) is 3. The molecule has 0 aliphatic heterocycles. The van der Waals surface area contributed by atoms with E-state index in [-0.39, 0.29) is 0 Å². The fraction of sp³-hybridized carbons (Fsp3) is 0.571. The van der Waals surface area contributed by atoms with E-state index in [0.717, 1.165) is 12.0 Å². The lowest BCUT2D eigenvalue weighted by Crippen LogP contribution is -2.42. The van der Waals surface area contributed by atoms with Gasteiger partial charge in [-0.05, 0) is 57.4 Å². The normalized spacial score (nSPS) is 12.5. The van der Waals surface area contributed by atoms with Crippen molar-refractivity contribution in [3.63, 3.8) is 0 Å². The quantitative estimate of drug-likeness (QED) is 0.905. The van der Waals surface area contributed by atoms with Crippen molar-refractivity contribution in [1.29, 1.82) is 0 Å². The molecule has 0 saturated carbocycles. The van der Waals surface area contributed by atoms with Gasteiger partial charge in [0.05, 0.1) is 12.0 Å². The van der Waals surface area contributed by atoms with Crippen LogP contribution in [0, 0.1) is 13.8 Å². The number of aryl methyl sites for hydroxylation is 2. The molecule has 0 fully saturated rings. The van der Waals surface area contributed by atoms with E-state index in [9.17, 15) is 8.42 Å². The molecule has 0 heterocycles. The average molecular weight is 285 g/mol. The van der Waals surface area contributed by atoms with Gasteiger partial charge in [0.15, 0.2) is 0 Å². The average Bonchev–Trinajstić information content (AvgIpc) is 2.30. The van der Waals surface area contributed by atoms with Crippen molar-refractivity contribution in [2.45, 2.75) is 51.5 Å². The second-order valence-electron chi connectivity index (χ2n) is 5.43. The van der Waals surface area contributed by atoms with Crippen LogP contribution in [0.3, 0.4) is 0 Å². The lowest BCUT2D eigenvalue weighted by molar-refractivity contribution is 0.410. The van der Waals surface area contributed by atoms with Crippen LogP contribution in [0.2, 0.25) is 0 Å². The van der Waals surface area contributed by atoms with E-state index in [0.29, 0.717) is 16.2 Å². The van der Waals surface area contributed by atoms with Crippen LogP contribution in [-0.4, -0.2) is 21.1 Å². The van der Waals surface area contributed by atoms with Crippen LogP contribution in [0.25, 0.3) is 0 Å². The zero-order valence-corrected chi connectivity index (χ0v) is 13.3. The Morgan fingerprint density at radius 1 is 1.21 bits per heavy atom. The molecule has 0 radical (unpaired) electrons. The number of nitrogens with one attached hydrogen (secondary N) is 1. The molecule has 1 N–H and O–H groups in total. The van der Waals surface area contributed by atoms with Gasteiger partial charge >= 0.3 is 0 Å². The minimum absolute atomic E-state index is 0.312. The van der Waals surface area contributed by atoms with E-state index in [1.165, 1.54) is 0 Å². The van der Waals surface area contributed by atoms with E-state index >= 15 is 0 Å². The molecule has 0 spiro atoms. The first-order valence-electron chi connectivity index (χ1n) is 6.32.